The van der Waals surface area contributed by atoms with Gasteiger partial charge >= 0.3 is 0 Å². The van der Waals surface area contributed by atoms with E-state index in [-0.39, 0.29) is 5.41 Å². The Morgan fingerprint density at radius 2 is 1.65 bits per heavy atom. The summed E-state index contributed by atoms with van der Waals surface area (Å²) in [7, 11) is 0. The molecule has 1 fully saturated rings. The summed E-state index contributed by atoms with van der Waals surface area (Å²) < 4.78 is 0. The zero-order chi connectivity index (χ0) is 12.7. The normalized spacial score (nSPS) is 20.8. The number of hydrogen-bond donors (Lipinski definition) is 1. The summed E-state index contributed by atoms with van der Waals surface area (Å²) in [6.07, 6.45) is 3.88. The molecule has 1 nitrogen and oxygen atoms in total. The van der Waals surface area contributed by atoms with Crippen molar-refractivity contribution >= 4 is 0 Å². The first-order valence-electron chi connectivity index (χ1n) is 6.66. The van der Waals surface area contributed by atoms with E-state index in [2.05, 4.69) is 39.0 Å². The lowest BCUT2D eigenvalue weighted by molar-refractivity contribution is -0.0482. The van der Waals surface area contributed by atoms with E-state index in [0.717, 1.165) is 5.56 Å². The summed E-state index contributed by atoms with van der Waals surface area (Å²) in [5.74, 6) is 0.667. The molecule has 0 heterocycles. The maximum absolute atomic E-state index is 10.9. The monoisotopic (exact) mass is 232 g/mol. The van der Waals surface area contributed by atoms with Gasteiger partial charge in [0.2, 0.25) is 0 Å². The van der Waals surface area contributed by atoms with Crippen molar-refractivity contribution in [1.82, 2.24) is 0 Å². The second-order valence-corrected chi connectivity index (χ2v) is 6.54. The highest BCUT2D eigenvalue weighted by Crippen LogP contribution is 2.45. The van der Waals surface area contributed by atoms with Gasteiger partial charge in [0.15, 0.2) is 0 Å². The highest BCUT2D eigenvalue weighted by atomic mass is 16.3. The third-order valence-corrected chi connectivity index (χ3v) is 4.49. The molecule has 1 unspecified atom stereocenters. The first-order chi connectivity index (χ1) is 7.84. The number of aliphatic hydroxyl groups is 1. The highest BCUT2D eigenvalue weighted by molar-refractivity contribution is 5.36. The van der Waals surface area contributed by atoms with Gasteiger partial charge in [-0.1, -0.05) is 51.5 Å². The molecular formula is C16H24O. The van der Waals surface area contributed by atoms with Crippen LogP contribution in [0.1, 0.15) is 64.0 Å². The average Bonchev–Trinajstić information content (AvgIpc) is 2.14. The molecule has 0 aliphatic heterocycles. The molecule has 1 aromatic rings. The Bertz CT molecular complexity index is 394. The Labute approximate surface area is 105 Å². The standard InChI is InChI=1S/C16H24O/c1-15(2,3)16(4,17)14-11-6-5-10-13(14)12-8-7-9-12/h5-6,10-12,17H,7-9H2,1-4H3. The van der Waals surface area contributed by atoms with Gasteiger partial charge in [0.05, 0.1) is 5.60 Å². The summed E-state index contributed by atoms with van der Waals surface area (Å²) in [5.41, 5.74) is 1.57. The van der Waals surface area contributed by atoms with Crippen LogP contribution in [0.2, 0.25) is 0 Å². The van der Waals surface area contributed by atoms with Crippen molar-refractivity contribution in [2.45, 2.75) is 58.5 Å². The topological polar surface area (TPSA) is 20.2 Å². The van der Waals surface area contributed by atoms with Crippen molar-refractivity contribution in [1.29, 1.82) is 0 Å². The molecule has 17 heavy (non-hydrogen) atoms. The molecule has 1 atom stereocenters. The van der Waals surface area contributed by atoms with Crippen molar-refractivity contribution in [3.05, 3.63) is 35.4 Å². The van der Waals surface area contributed by atoms with Crippen LogP contribution in [0.25, 0.3) is 0 Å². The van der Waals surface area contributed by atoms with Gasteiger partial charge in [-0.25, -0.2) is 0 Å². The predicted molar refractivity (Wildman–Crippen MR) is 72.1 cm³/mol. The van der Waals surface area contributed by atoms with Crippen LogP contribution in [-0.4, -0.2) is 5.11 Å². The van der Waals surface area contributed by atoms with Crippen LogP contribution in [0, 0.1) is 5.41 Å². The highest BCUT2D eigenvalue weighted by Gasteiger charge is 2.39. The minimum atomic E-state index is -0.765. The summed E-state index contributed by atoms with van der Waals surface area (Å²) in [6, 6.07) is 8.42. The first-order valence-corrected chi connectivity index (χ1v) is 6.66. The Morgan fingerprint density at radius 3 is 2.12 bits per heavy atom. The minimum Gasteiger partial charge on any atom is -0.385 e. The zero-order valence-corrected chi connectivity index (χ0v) is 11.5. The van der Waals surface area contributed by atoms with Gasteiger partial charge in [-0.2, -0.15) is 0 Å². The Hall–Kier alpha value is -0.820. The van der Waals surface area contributed by atoms with Gasteiger partial charge in [0.25, 0.3) is 0 Å². The molecular weight excluding hydrogens is 208 g/mol. The van der Waals surface area contributed by atoms with Crippen LogP contribution in [0.4, 0.5) is 0 Å². The van der Waals surface area contributed by atoms with Gasteiger partial charge in [-0.15, -0.1) is 0 Å². The molecule has 0 bridgehead atoms. The van der Waals surface area contributed by atoms with Crippen LogP contribution in [0.15, 0.2) is 24.3 Å². The van der Waals surface area contributed by atoms with Crippen LogP contribution in [0.3, 0.4) is 0 Å². The van der Waals surface area contributed by atoms with E-state index in [1.54, 1.807) is 0 Å². The molecule has 1 aliphatic rings. The maximum atomic E-state index is 10.9. The molecule has 1 aliphatic carbocycles. The van der Waals surface area contributed by atoms with Crippen LogP contribution >= 0.6 is 0 Å². The molecule has 0 spiro atoms. The molecule has 1 saturated carbocycles. The van der Waals surface area contributed by atoms with Crippen LogP contribution in [-0.2, 0) is 5.60 Å². The van der Waals surface area contributed by atoms with Crippen molar-refractivity contribution in [3.63, 3.8) is 0 Å². The summed E-state index contributed by atoms with van der Waals surface area (Å²) >= 11 is 0. The molecule has 2 rings (SSSR count). The Kier molecular flexibility index (Phi) is 3.07. The van der Waals surface area contributed by atoms with Gasteiger partial charge in [0.1, 0.15) is 0 Å². The first kappa shape index (κ1) is 12.6. The fourth-order valence-corrected chi connectivity index (χ4v) is 2.42. The summed E-state index contributed by atoms with van der Waals surface area (Å²) in [4.78, 5) is 0. The maximum Gasteiger partial charge on any atom is 0.0919 e. The largest absolute Gasteiger partial charge is 0.385 e. The third kappa shape index (κ3) is 2.13. The van der Waals surface area contributed by atoms with E-state index in [9.17, 15) is 5.11 Å². The van der Waals surface area contributed by atoms with E-state index in [1.807, 2.05) is 13.0 Å². The van der Waals surface area contributed by atoms with E-state index in [1.165, 1.54) is 24.8 Å². The van der Waals surface area contributed by atoms with E-state index in [4.69, 9.17) is 0 Å². The van der Waals surface area contributed by atoms with E-state index >= 15 is 0 Å². The summed E-state index contributed by atoms with van der Waals surface area (Å²) in [5, 5.41) is 10.9. The number of rotatable bonds is 2. The number of benzene rings is 1. The zero-order valence-electron chi connectivity index (χ0n) is 11.5. The lowest BCUT2D eigenvalue weighted by atomic mass is 9.68. The Balaban J connectivity index is 2.44. The average molecular weight is 232 g/mol. The molecule has 1 N–H and O–H groups in total. The molecule has 0 saturated heterocycles. The van der Waals surface area contributed by atoms with Gasteiger partial charge in [0, 0.05) is 0 Å². The van der Waals surface area contributed by atoms with Gasteiger partial charge in [-0.05, 0) is 42.2 Å². The second-order valence-electron chi connectivity index (χ2n) is 6.54. The van der Waals surface area contributed by atoms with Gasteiger partial charge < -0.3 is 5.11 Å². The summed E-state index contributed by atoms with van der Waals surface area (Å²) in [6.45, 7) is 8.25. The van der Waals surface area contributed by atoms with Crippen LogP contribution < -0.4 is 0 Å². The molecule has 0 aromatic heterocycles. The lowest BCUT2D eigenvalue weighted by Crippen LogP contribution is -2.38. The van der Waals surface area contributed by atoms with Crippen molar-refractivity contribution in [3.8, 4) is 0 Å². The molecule has 0 amide bonds. The predicted octanol–water partition coefficient (Wildman–Crippen LogP) is 4.21. The SMILES string of the molecule is CC(C)(C)C(C)(O)c1ccccc1C1CCC1. The fraction of sp³-hybridized carbons (Fsp3) is 0.625. The van der Waals surface area contributed by atoms with E-state index in [0.29, 0.717) is 5.92 Å². The fourth-order valence-electron chi connectivity index (χ4n) is 2.42. The Morgan fingerprint density at radius 1 is 1.06 bits per heavy atom. The third-order valence-electron chi connectivity index (χ3n) is 4.49. The number of hydrogen-bond acceptors (Lipinski definition) is 1. The van der Waals surface area contributed by atoms with Crippen molar-refractivity contribution < 1.29 is 5.11 Å². The molecule has 0 radical (unpaired) electrons. The van der Waals surface area contributed by atoms with Gasteiger partial charge in [-0.3, -0.25) is 0 Å². The minimum absolute atomic E-state index is 0.146. The smallest absolute Gasteiger partial charge is 0.0919 e. The quantitative estimate of drug-likeness (QED) is 0.810. The van der Waals surface area contributed by atoms with Crippen LogP contribution in [0.5, 0.6) is 0 Å². The lowest BCUT2D eigenvalue weighted by Gasteiger charge is -2.41. The second kappa shape index (κ2) is 4.13. The van der Waals surface area contributed by atoms with Crippen molar-refractivity contribution in [2.24, 2.45) is 5.41 Å². The molecule has 1 aromatic carbocycles. The van der Waals surface area contributed by atoms with E-state index < -0.39 is 5.60 Å². The van der Waals surface area contributed by atoms with Crippen molar-refractivity contribution in [2.75, 3.05) is 0 Å². The molecule has 1 heteroatoms. The molecule has 94 valence electrons.